The van der Waals surface area contributed by atoms with E-state index in [4.69, 9.17) is 10.5 Å². The van der Waals surface area contributed by atoms with Crippen molar-refractivity contribution in [2.45, 2.75) is 31.1 Å². The zero-order valence-corrected chi connectivity index (χ0v) is 14.6. The molecule has 0 amide bonds. The van der Waals surface area contributed by atoms with E-state index in [0.29, 0.717) is 11.6 Å². The van der Waals surface area contributed by atoms with Crippen LogP contribution >= 0.6 is 0 Å². The van der Waals surface area contributed by atoms with E-state index in [2.05, 4.69) is 10.3 Å². The Kier molecular flexibility index (Phi) is 5.22. The number of hydrogen-bond donors (Lipinski definition) is 2. The summed E-state index contributed by atoms with van der Waals surface area (Å²) in [6, 6.07) is 13.7. The van der Waals surface area contributed by atoms with Crippen molar-refractivity contribution in [1.82, 2.24) is 4.98 Å². The first-order valence-corrected chi connectivity index (χ1v) is 8.74. The van der Waals surface area contributed by atoms with Crippen LogP contribution in [0.4, 0.5) is 11.5 Å². The largest absolute Gasteiger partial charge is 0.468 e. The van der Waals surface area contributed by atoms with Gasteiger partial charge in [0.25, 0.3) is 0 Å². The number of rotatable bonds is 5. The Morgan fingerprint density at radius 3 is 2.60 bits per heavy atom. The average molecular weight is 339 g/mol. The monoisotopic (exact) mass is 339 g/mol. The lowest BCUT2D eigenvalue weighted by atomic mass is 9.66. The van der Waals surface area contributed by atoms with E-state index in [1.165, 1.54) is 7.11 Å². The van der Waals surface area contributed by atoms with Crippen molar-refractivity contribution in [2.75, 3.05) is 24.7 Å². The van der Waals surface area contributed by atoms with Crippen molar-refractivity contribution in [1.29, 1.82) is 0 Å². The summed E-state index contributed by atoms with van der Waals surface area (Å²) in [5.74, 6) is 1.09. The Morgan fingerprint density at radius 1 is 1.24 bits per heavy atom. The Labute approximate surface area is 148 Å². The van der Waals surface area contributed by atoms with Gasteiger partial charge in [-0.3, -0.25) is 4.79 Å². The molecule has 0 unspecified atom stereocenters. The van der Waals surface area contributed by atoms with Crippen LogP contribution in [-0.2, 0) is 14.9 Å². The molecule has 0 bridgehead atoms. The van der Waals surface area contributed by atoms with Gasteiger partial charge in [0, 0.05) is 12.7 Å². The lowest BCUT2D eigenvalue weighted by Gasteiger charge is -2.38. The van der Waals surface area contributed by atoms with Crippen molar-refractivity contribution in [3.8, 4) is 0 Å². The lowest BCUT2D eigenvalue weighted by molar-refractivity contribution is -0.149. The van der Waals surface area contributed by atoms with E-state index in [-0.39, 0.29) is 5.97 Å². The molecule has 1 aliphatic rings. The number of carbonyl (C=O) groups excluding carboxylic acids is 1. The molecule has 1 fully saturated rings. The second kappa shape index (κ2) is 7.55. The number of benzene rings is 1. The van der Waals surface area contributed by atoms with Crippen molar-refractivity contribution in [2.24, 2.45) is 5.92 Å². The number of aromatic nitrogens is 1. The molecule has 0 spiro atoms. The molecule has 1 saturated carbocycles. The van der Waals surface area contributed by atoms with Gasteiger partial charge in [0.1, 0.15) is 5.82 Å². The van der Waals surface area contributed by atoms with Gasteiger partial charge in [-0.15, -0.1) is 0 Å². The molecule has 5 heteroatoms. The maximum atomic E-state index is 12.6. The highest BCUT2D eigenvalue weighted by molar-refractivity contribution is 5.83. The van der Waals surface area contributed by atoms with Crippen LogP contribution in [0.25, 0.3) is 0 Å². The second-order valence-electron chi connectivity index (χ2n) is 6.71. The summed E-state index contributed by atoms with van der Waals surface area (Å²) in [5.41, 5.74) is 7.13. The van der Waals surface area contributed by atoms with Crippen molar-refractivity contribution >= 4 is 17.5 Å². The summed E-state index contributed by atoms with van der Waals surface area (Å²) in [6.45, 7) is 0.813. The molecular weight excluding hydrogens is 314 g/mol. The number of pyridine rings is 1. The van der Waals surface area contributed by atoms with Gasteiger partial charge in [-0.05, 0) is 49.3 Å². The normalized spacial score (nSPS) is 23.0. The van der Waals surface area contributed by atoms with Gasteiger partial charge in [-0.2, -0.15) is 0 Å². The molecule has 1 aromatic carbocycles. The Morgan fingerprint density at radius 2 is 1.96 bits per heavy atom. The second-order valence-corrected chi connectivity index (χ2v) is 6.71. The minimum Gasteiger partial charge on any atom is -0.468 e. The number of ether oxygens (including phenoxy) is 1. The molecule has 0 aliphatic heterocycles. The number of methoxy groups -OCH3 is 1. The standard InChI is InChI=1S/C20H25N3O2/c1-25-19(24)20(16-6-3-2-4-7-16)11-9-15(10-12-20)14-23-18-17(21)8-5-13-22-18/h2-8,13,15H,9-12,14,21H2,1H3,(H,22,23). The van der Waals surface area contributed by atoms with E-state index >= 15 is 0 Å². The van der Waals surface area contributed by atoms with Crippen LogP contribution in [0.15, 0.2) is 48.7 Å². The molecule has 25 heavy (non-hydrogen) atoms. The molecule has 0 saturated heterocycles. The zero-order valence-electron chi connectivity index (χ0n) is 14.6. The summed E-state index contributed by atoms with van der Waals surface area (Å²) < 4.78 is 5.15. The third-order valence-electron chi connectivity index (χ3n) is 5.26. The zero-order chi connectivity index (χ0) is 17.7. The molecule has 1 aliphatic carbocycles. The molecule has 0 radical (unpaired) electrons. The van der Waals surface area contributed by atoms with Gasteiger partial charge >= 0.3 is 5.97 Å². The Hall–Kier alpha value is -2.56. The molecular formula is C20H25N3O2. The van der Waals surface area contributed by atoms with Crippen LogP contribution in [-0.4, -0.2) is 24.6 Å². The van der Waals surface area contributed by atoms with E-state index in [1.807, 2.05) is 42.5 Å². The van der Waals surface area contributed by atoms with Crippen molar-refractivity contribution in [3.05, 3.63) is 54.2 Å². The third kappa shape index (κ3) is 3.60. The van der Waals surface area contributed by atoms with Crippen molar-refractivity contribution < 1.29 is 9.53 Å². The van der Waals surface area contributed by atoms with E-state index in [1.54, 1.807) is 6.20 Å². The first kappa shape index (κ1) is 17.3. The summed E-state index contributed by atoms with van der Waals surface area (Å²) in [4.78, 5) is 16.8. The Balaban J connectivity index is 1.66. The number of carbonyl (C=O) groups is 1. The van der Waals surface area contributed by atoms with E-state index in [9.17, 15) is 4.79 Å². The van der Waals surface area contributed by atoms with Gasteiger partial charge in [-0.1, -0.05) is 30.3 Å². The predicted octanol–water partition coefficient (Wildman–Crippen LogP) is 3.38. The lowest BCUT2D eigenvalue weighted by Crippen LogP contribution is -2.41. The number of anilines is 2. The highest BCUT2D eigenvalue weighted by atomic mass is 16.5. The van der Waals surface area contributed by atoms with Crippen LogP contribution in [0.5, 0.6) is 0 Å². The minimum atomic E-state index is -0.517. The van der Waals surface area contributed by atoms with Crippen LogP contribution in [0.2, 0.25) is 0 Å². The fourth-order valence-electron chi connectivity index (χ4n) is 3.74. The molecule has 132 valence electrons. The predicted molar refractivity (Wildman–Crippen MR) is 99.2 cm³/mol. The molecule has 3 rings (SSSR count). The van der Waals surface area contributed by atoms with Crippen LogP contribution < -0.4 is 11.1 Å². The molecule has 2 aromatic rings. The number of esters is 1. The fourth-order valence-corrected chi connectivity index (χ4v) is 3.74. The average Bonchev–Trinajstić information content (AvgIpc) is 2.68. The molecule has 3 N–H and O–H groups in total. The van der Waals surface area contributed by atoms with Gasteiger partial charge in [0.05, 0.1) is 18.2 Å². The number of nitrogens with two attached hydrogens (primary N) is 1. The molecule has 0 atom stereocenters. The minimum absolute atomic E-state index is 0.126. The topological polar surface area (TPSA) is 77.2 Å². The maximum Gasteiger partial charge on any atom is 0.316 e. The smallest absolute Gasteiger partial charge is 0.316 e. The first-order valence-electron chi connectivity index (χ1n) is 8.74. The molecule has 1 heterocycles. The van der Waals surface area contributed by atoms with Gasteiger partial charge in [0.2, 0.25) is 0 Å². The summed E-state index contributed by atoms with van der Waals surface area (Å²) >= 11 is 0. The van der Waals surface area contributed by atoms with Gasteiger partial charge in [-0.25, -0.2) is 4.98 Å². The van der Waals surface area contributed by atoms with Crippen molar-refractivity contribution in [3.63, 3.8) is 0 Å². The van der Waals surface area contributed by atoms with Crippen LogP contribution in [0, 0.1) is 5.92 Å². The summed E-state index contributed by atoms with van der Waals surface area (Å²) in [7, 11) is 1.48. The number of nitrogens with one attached hydrogen (secondary N) is 1. The van der Waals surface area contributed by atoms with E-state index < -0.39 is 5.41 Å². The van der Waals surface area contributed by atoms with Crippen LogP contribution in [0.3, 0.4) is 0 Å². The van der Waals surface area contributed by atoms with Gasteiger partial charge in [0.15, 0.2) is 0 Å². The Bertz CT molecular complexity index is 710. The van der Waals surface area contributed by atoms with E-state index in [0.717, 1.165) is 43.6 Å². The first-order chi connectivity index (χ1) is 12.2. The SMILES string of the molecule is COC(=O)C1(c2ccccc2)CCC(CNc2ncccc2N)CC1. The number of nitrogen functional groups attached to an aromatic ring is 1. The molecule has 1 aromatic heterocycles. The fraction of sp³-hybridized carbons (Fsp3) is 0.400. The summed E-state index contributed by atoms with van der Waals surface area (Å²) in [6.07, 6.45) is 5.26. The quantitative estimate of drug-likeness (QED) is 0.817. The number of nitrogens with zero attached hydrogens (tertiary/aromatic N) is 1. The molecule has 5 nitrogen and oxygen atoms in total. The highest BCUT2D eigenvalue weighted by Gasteiger charge is 2.44. The third-order valence-corrected chi connectivity index (χ3v) is 5.26. The van der Waals surface area contributed by atoms with Gasteiger partial charge < -0.3 is 15.8 Å². The van der Waals surface area contributed by atoms with Crippen LogP contribution in [0.1, 0.15) is 31.2 Å². The maximum absolute atomic E-state index is 12.6. The highest BCUT2D eigenvalue weighted by Crippen LogP contribution is 2.42. The number of hydrogen-bond acceptors (Lipinski definition) is 5. The summed E-state index contributed by atoms with van der Waals surface area (Å²) in [5, 5.41) is 3.34.